The Labute approximate surface area is 256 Å². The molecule has 0 N–H and O–H groups in total. The molecule has 0 unspecified atom stereocenters. The number of nitrogens with zero attached hydrogens (tertiary/aromatic N) is 2. The van der Waals surface area contributed by atoms with Gasteiger partial charge in [0.1, 0.15) is 5.82 Å². The number of aromatic nitrogens is 1. The largest absolute Gasteiger partial charge is 0.295 e. The van der Waals surface area contributed by atoms with Gasteiger partial charge in [0.2, 0.25) is 0 Å². The second-order valence-electron chi connectivity index (χ2n) is 10.8. The van der Waals surface area contributed by atoms with Crippen LogP contribution in [0.25, 0.3) is 62.2 Å². The fourth-order valence-electron chi connectivity index (χ4n) is 6.26. The van der Waals surface area contributed by atoms with Gasteiger partial charge in [-0.2, -0.15) is 0 Å². The van der Waals surface area contributed by atoms with Crippen molar-refractivity contribution in [1.82, 2.24) is 4.98 Å². The summed E-state index contributed by atoms with van der Waals surface area (Å²) in [6.45, 7) is 0. The summed E-state index contributed by atoms with van der Waals surface area (Å²) in [4.78, 5) is 7.38. The highest BCUT2D eigenvalue weighted by Gasteiger charge is 2.18. The van der Waals surface area contributed by atoms with Gasteiger partial charge in [-0.25, -0.2) is 4.98 Å². The van der Waals surface area contributed by atoms with Crippen molar-refractivity contribution >= 4 is 91.0 Å². The van der Waals surface area contributed by atoms with Gasteiger partial charge >= 0.3 is 0 Å². The van der Waals surface area contributed by atoms with Crippen molar-refractivity contribution in [3.05, 3.63) is 146 Å². The van der Waals surface area contributed by atoms with Gasteiger partial charge in [0.15, 0.2) is 0 Å². The van der Waals surface area contributed by atoms with E-state index < -0.39 is 0 Å². The van der Waals surface area contributed by atoms with Crippen LogP contribution in [-0.4, -0.2) is 4.98 Å². The van der Waals surface area contributed by atoms with Crippen LogP contribution in [0.15, 0.2) is 146 Å². The van der Waals surface area contributed by atoms with Gasteiger partial charge in [-0.05, 0) is 64.4 Å². The van der Waals surface area contributed by atoms with Crippen LogP contribution in [0.2, 0.25) is 0 Å². The zero-order valence-electron chi connectivity index (χ0n) is 23.1. The summed E-state index contributed by atoms with van der Waals surface area (Å²) in [5, 5.41) is 7.70. The quantitative estimate of drug-likeness (QED) is 0.205. The Bertz CT molecular complexity index is 2450. The van der Waals surface area contributed by atoms with Gasteiger partial charge in [-0.15, -0.1) is 22.7 Å². The number of hydrogen-bond donors (Lipinski definition) is 0. The molecule has 0 bridgehead atoms. The summed E-state index contributed by atoms with van der Waals surface area (Å²) in [6, 6.07) is 50.3. The molecule has 9 rings (SSSR count). The lowest BCUT2D eigenvalue weighted by molar-refractivity contribution is 1.20. The highest BCUT2D eigenvalue weighted by molar-refractivity contribution is 7.26. The first-order chi connectivity index (χ1) is 21.3. The van der Waals surface area contributed by atoms with Gasteiger partial charge in [-0.1, -0.05) is 97.1 Å². The predicted octanol–water partition coefficient (Wildman–Crippen LogP) is 12.1. The molecule has 2 nitrogen and oxygen atoms in total. The molecule has 0 aliphatic rings. The van der Waals surface area contributed by atoms with E-state index in [-0.39, 0.29) is 0 Å². The number of hydrogen-bond acceptors (Lipinski definition) is 4. The second kappa shape index (κ2) is 9.77. The first kappa shape index (κ1) is 24.6. The van der Waals surface area contributed by atoms with Crippen molar-refractivity contribution < 1.29 is 0 Å². The van der Waals surface area contributed by atoms with E-state index in [2.05, 4.69) is 144 Å². The molecule has 0 saturated carbocycles. The molecule has 0 amide bonds. The third kappa shape index (κ3) is 4.03. The number of benzene rings is 6. The lowest BCUT2D eigenvalue weighted by Gasteiger charge is -2.25. The minimum Gasteiger partial charge on any atom is -0.295 e. The SMILES string of the molecule is c1ccc(-c2ccc(N(c3ccc4c(c3)sc3ccccc34)c3cc4c(cn3)sc3ccc5ccccc5c34)cc2)cc1. The highest BCUT2D eigenvalue weighted by atomic mass is 32.1. The zero-order chi connectivity index (χ0) is 28.3. The van der Waals surface area contributed by atoms with Crippen LogP contribution in [0.5, 0.6) is 0 Å². The maximum Gasteiger partial charge on any atom is 0.138 e. The van der Waals surface area contributed by atoms with E-state index in [1.54, 1.807) is 0 Å². The normalized spacial score (nSPS) is 11.7. The van der Waals surface area contributed by atoms with Gasteiger partial charge in [0.25, 0.3) is 0 Å². The van der Waals surface area contributed by atoms with Crippen LogP contribution < -0.4 is 4.90 Å². The molecule has 3 aromatic heterocycles. The van der Waals surface area contributed by atoms with Crippen LogP contribution in [0.4, 0.5) is 17.2 Å². The number of pyridine rings is 1. The fourth-order valence-corrected chi connectivity index (χ4v) is 8.47. The Morgan fingerprint density at radius 2 is 1.14 bits per heavy atom. The molecule has 0 spiro atoms. The van der Waals surface area contributed by atoms with Crippen molar-refractivity contribution in [2.24, 2.45) is 0 Å². The van der Waals surface area contributed by atoms with Crippen LogP contribution in [-0.2, 0) is 0 Å². The molecular weight excluding hydrogens is 561 g/mol. The minimum absolute atomic E-state index is 0.910. The van der Waals surface area contributed by atoms with Crippen LogP contribution in [0.3, 0.4) is 0 Å². The Kier molecular flexibility index (Phi) is 5.58. The molecule has 3 heterocycles. The molecule has 43 heavy (non-hydrogen) atoms. The van der Waals surface area contributed by atoms with E-state index in [1.807, 2.05) is 28.9 Å². The van der Waals surface area contributed by atoms with Crippen molar-refractivity contribution in [2.75, 3.05) is 4.90 Å². The molecule has 0 atom stereocenters. The van der Waals surface area contributed by atoms with Crippen molar-refractivity contribution in [2.45, 2.75) is 0 Å². The van der Waals surface area contributed by atoms with E-state index in [0.717, 1.165) is 17.2 Å². The molecule has 0 saturated heterocycles. The van der Waals surface area contributed by atoms with Crippen LogP contribution >= 0.6 is 22.7 Å². The molecule has 0 fully saturated rings. The maximum absolute atomic E-state index is 5.08. The third-order valence-electron chi connectivity index (χ3n) is 8.32. The lowest BCUT2D eigenvalue weighted by Crippen LogP contribution is -2.11. The summed E-state index contributed by atoms with van der Waals surface area (Å²) in [7, 11) is 0. The van der Waals surface area contributed by atoms with E-state index in [4.69, 9.17) is 4.98 Å². The van der Waals surface area contributed by atoms with Gasteiger partial charge < -0.3 is 0 Å². The zero-order valence-corrected chi connectivity index (χ0v) is 24.7. The van der Waals surface area contributed by atoms with Crippen molar-refractivity contribution in [3.8, 4) is 11.1 Å². The minimum atomic E-state index is 0.910. The summed E-state index contributed by atoms with van der Waals surface area (Å²) in [5.41, 5.74) is 4.59. The van der Waals surface area contributed by atoms with Crippen LogP contribution in [0, 0.1) is 0 Å². The molecule has 4 heteroatoms. The summed E-state index contributed by atoms with van der Waals surface area (Å²) in [5.74, 6) is 0.910. The Balaban J connectivity index is 1.26. The Hall–Kier alpha value is -5.03. The van der Waals surface area contributed by atoms with Crippen LogP contribution in [0.1, 0.15) is 0 Å². The van der Waals surface area contributed by atoms with Gasteiger partial charge in [0, 0.05) is 53.2 Å². The number of thiophene rings is 2. The van der Waals surface area contributed by atoms with Gasteiger partial charge in [0.05, 0.1) is 4.70 Å². The smallest absolute Gasteiger partial charge is 0.138 e. The van der Waals surface area contributed by atoms with Crippen molar-refractivity contribution in [1.29, 1.82) is 0 Å². The first-order valence-electron chi connectivity index (χ1n) is 14.4. The Morgan fingerprint density at radius 1 is 0.442 bits per heavy atom. The molecule has 0 radical (unpaired) electrons. The molecule has 9 aromatic rings. The molecule has 0 aliphatic heterocycles. The molecule has 202 valence electrons. The monoisotopic (exact) mass is 584 g/mol. The van der Waals surface area contributed by atoms with E-state index in [0.29, 0.717) is 0 Å². The lowest BCUT2D eigenvalue weighted by atomic mass is 10.0. The van der Waals surface area contributed by atoms with E-state index in [1.165, 1.54) is 62.2 Å². The number of fused-ring (bicyclic) bond motifs is 8. The highest BCUT2D eigenvalue weighted by Crippen LogP contribution is 2.43. The van der Waals surface area contributed by atoms with E-state index >= 15 is 0 Å². The Morgan fingerprint density at radius 3 is 2.02 bits per heavy atom. The third-order valence-corrected chi connectivity index (χ3v) is 10.6. The van der Waals surface area contributed by atoms with Gasteiger partial charge in [-0.3, -0.25) is 4.90 Å². The average molecular weight is 585 g/mol. The molecular formula is C39H24N2S2. The molecule has 0 aliphatic carbocycles. The molecule has 6 aromatic carbocycles. The standard InChI is InChI=1S/C39H24N2S2/c1-2-8-25(9-3-1)26-14-17-28(18-15-26)41(29-19-20-32-31-12-6-7-13-34(31)42-36(32)22-29)38-23-33-37(24-40-38)43-35-21-16-27-10-4-5-11-30(27)39(33)35/h1-24H. The average Bonchev–Trinajstić information content (AvgIpc) is 3.63. The summed E-state index contributed by atoms with van der Waals surface area (Å²) in [6.07, 6.45) is 2.05. The number of rotatable bonds is 4. The predicted molar refractivity (Wildman–Crippen MR) is 188 cm³/mol. The van der Waals surface area contributed by atoms with Crippen molar-refractivity contribution in [3.63, 3.8) is 0 Å². The second-order valence-corrected chi connectivity index (χ2v) is 13.0. The maximum atomic E-state index is 5.08. The fraction of sp³-hybridized carbons (Fsp3) is 0. The first-order valence-corrected chi connectivity index (χ1v) is 16.0. The summed E-state index contributed by atoms with van der Waals surface area (Å²) < 4.78 is 5.08. The number of anilines is 3. The van der Waals surface area contributed by atoms with E-state index in [9.17, 15) is 0 Å². The topological polar surface area (TPSA) is 16.1 Å². The summed E-state index contributed by atoms with van der Waals surface area (Å²) >= 11 is 3.66.